The molecule has 0 radical (unpaired) electrons. The summed E-state index contributed by atoms with van der Waals surface area (Å²) in [5.74, 6) is 0.288. The van der Waals surface area contributed by atoms with Gasteiger partial charge in [-0.1, -0.05) is 20.8 Å². The van der Waals surface area contributed by atoms with Crippen LogP contribution in [0.25, 0.3) is 0 Å². The molecule has 2 heteroatoms. The van der Waals surface area contributed by atoms with Gasteiger partial charge in [0.15, 0.2) is 0 Å². The van der Waals surface area contributed by atoms with Gasteiger partial charge in [0.25, 0.3) is 0 Å². The van der Waals surface area contributed by atoms with Crippen LogP contribution in [0.1, 0.15) is 40.5 Å². The molecule has 1 atom stereocenters. The lowest BCUT2D eigenvalue weighted by molar-refractivity contribution is -0.117. The Bertz CT molecular complexity index is 167. The summed E-state index contributed by atoms with van der Waals surface area (Å²) in [5, 5.41) is 0. The molecule has 0 saturated carbocycles. The van der Waals surface area contributed by atoms with E-state index in [0.717, 1.165) is 6.42 Å². The lowest BCUT2D eigenvalue weighted by atomic mass is 9.83. The van der Waals surface area contributed by atoms with Crippen LogP contribution in [-0.4, -0.2) is 30.8 Å². The Labute approximate surface area is 82.3 Å². The third-order valence-electron chi connectivity index (χ3n) is 2.39. The summed E-state index contributed by atoms with van der Waals surface area (Å²) in [6, 6.07) is 0.483. The van der Waals surface area contributed by atoms with Gasteiger partial charge < -0.3 is 9.69 Å². The van der Waals surface area contributed by atoms with Crippen LogP contribution in [0.5, 0.6) is 0 Å². The Kier molecular flexibility index (Phi) is 4.62. The fraction of sp³-hybridized carbons (Fsp3) is 0.909. The first-order valence-corrected chi connectivity index (χ1v) is 4.91. The molecule has 0 amide bonds. The summed E-state index contributed by atoms with van der Waals surface area (Å²) in [6.07, 6.45) is 1.66. The van der Waals surface area contributed by atoms with E-state index in [1.807, 2.05) is 0 Å². The maximum Gasteiger partial charge on any atom is 0.129 e. The minimum absolute atomic E-state index is 0.249. The van der Waals surface area contributed by atoms with Crippen molar-refractivity contribution in [1.29, 1.82) is 0 Å². The van der Waals surface area contributed by atoms with Crippen LogP contribution < -0.4 is 0 Å². The van der Waals surface area contributed by atoms with Crippen molar-refractivity contribution in [2.24, 2.45) is 5.41 Å². The molecule has 0 aromatic carbocycles. The van der Waals surface area contributed by atoms with Crippen molar-refractivity contribution in [2.45, 2.75) is 46.6 Å². The Morgan fingerprint density at radius 3 is 2.00 bits per heavy atom. The molecule has 78 valence electrons. The molecule has 0 N–H and O–H groups in total. The Balaban J connectivity index is 4.20. The normalized spacial score (nSPS) is 14.7. The van der Waals surface area contributed by atoms with Gasteiger partial charge in [0, 0.05) is 12.5 Å². The van der Waals surface area contributed by atoms with Crippen LogP contribution in [0.3, 0.4) is 0 Å². The molecule has 0 saturated heterocycles. The van der Waals surface area contributed by atoms with Crippen molar-refractivity contribution >= 4 is 5.78 Å². The standard InChI is InChI=1S/C11H23NO/c1-9(13)7-8-10(12(5)6)11(2,3)4/h10H,7-8H2,1-6H3. The summed E-state index contributed by atoms with van der Waals surface area (Å²) >= 11 is 0. The molecule has 0 aromatic rings. The lowest BCUT2D eigenvalue weighted by Crippen LogP contribution is -2.39. The van der Waals surface area contributed by atoms with E-state index < -0.39 is 0 Å². The average Bonchev–Trinajstić information content (AvgIpc) is 1.81. The van der Waals surface area contributed by atoms with Gasteiger partial charge in [-0.15, -0.1) is 0 Å². The van der Waals surface area contributed by atoms with Gasteiger partial charge in [-0.2, -0.15) is 0 Å². The molecule has 0 aliphatic heterocycles. The quantitative estimate of drug-likeness (QED) is 0.670. The molecule has 1 unspecified atom stereocenters. The Hall–Kier alpha value is -0.370. The first-order chi connectivity index (χ1) is 5.75. The van der Waals surface area contributed by atoms with Crippen LogP contribution in [0.2, 0.25) is 0 Å². The minimum Gasteiger partial charge on any atom is -0.306 e. The largest absolute Gasteiger partial charge is 0.306 e. The van der Waals surface area contributed by atoms with Gasteiger partial charge in [0.2, 0.25) is 0 Å². The molecular weight excluding hydrogens is 162 g/mol. The van der Waals surface area contributed by atoms with Crippen molar-refractivity contribution in [1.82, 2.24) is 4.90 Å². The summed E-state index contributed by atoms with van der Waals surface area (Å²) in [7, 11) is 4.16. The van der Waals surface area contributed by atoms with Gasteiger partial charge in [0.05, 0.1) is 0 Å². The first kappa shape index (κ1) is 12.6. The average molecular weight is 185 g/mol. The number of nitrogens with zero attached hydrogens (tertiary/aromatic N) is 1. The number of hydrogen-bond donors (Lipinski definition) is 0. The van der Waals surface area contributed by atoms with Crippen LogP contribution in [-0.2, 0) is 4.79 Å². The first-order valence-electron chi connectivity index (χ1n) is 4.91. The number of Topliss-reactive ketones (excluding diaryl/α,β-unsaturated/α-hetero) is 1. The minimum atomic E-state index is 0.249. The van der Waals surface area contributed by atoms with Crippen molar-refractivity contribution < 1.29 is 4.79 Å². The SMILES string of the molecule is CC(=O)CCC(N(C)C)C(C)(C)C. The van der Waals surface area contributed by atoms with E-state index >= 15 is 0 Å². The van der Waals surface area contributed by atoms with Crippen molar-refractivity contribution in [3.8, 4) is 0 Å². The molecule has 0 rings (SSSR count). The van der Waals surface area contributed by atoms with Gasteiger partial charge in [-0.25, -0.2) is 0 Å². The molecule has 0 heterocycles. The topological polar surface area (TPSA) is 20.3 Å². The highest BCUT2D eigenvalue weighted by molar-refractivity contribution is 5.75. The summed E-state index contributed by atoms with van der Waals surface area (Å²) in [4.78, 5) is 13.1. The molecule has 0 aliphatic carbocycles. The predicted octanol–water partition coefficient (Wildman–Crippen LogP) is 2.33. The van der Waals surface area contributed by atoms with E-state index in [9.17, 15) is 4.79 Å². The fourth-order valence-corrected chi connectivity index (χ4v) is 1.81. The molecule has 0 fully saturated rings. The van der Waals surface area contributed by atoms with Crippen molar-refractivity contribution in [3.63, 3.8) is 0 Å². The number of hydrogen-bond acceptors (Lipinski definition) is 2. The van der Waals surface area contributed by atoms with Gasteiger partial charge in [-0.05, 0) is 32.9 Å². The molecular formula is C11H23NO. The van der Waals surface area contributed by atoms with E-state index in [0.29, 0.717) is 12.5 Å². The second-order valence-corrected chi connectivity index (χ2v) is 5.09. The highest BCUT2D eigenvalue weighted by Crippen LogP contribution is 2.26. The van der Waals surface area contributed by atoms with Crippen LogP contribution in [0.15, 0.2) is 0 Å². The third kappa shape index (κ3) is 5.04. The van der Waals surface area contributed by atoms with Gasteiger partial charge >= 0.3 is 0 Å². The number of carbonyl (C=O) groups excluding carboxylic acids is 1. The number of carbonyl (C=O) groups is 1. The van der Waals surface area contributed by atoms with Gasteiger partial charge in [0.1, 0.15) is 5.78 Å². The van der Waals surface area contributed by atoms with Crippen LogP contribution >= 0.6 is 0 Å². The Morgan fingerprint density at radius 1 is 1.31 bits per heavy atom. The predicted molar refractivity (Wildman–Crippen MR) is 56.8 cm³/mol. The summed E-state index contributed by atoms with van der Waals surface area (Å²) < 4.78 is 0. The monoisotopic (exact) mass is 185 g/mol. The van der Waals surface area contributed by atoms with E-state index in [1.54, 1.807) is 6.92 Å². The highest BCUT2D eigenvalue weighted by atomic mass is 16.1. The molecule has 2 nitrogen and oxygen atoms in total. The summed E-state index contributed by atoms with van der Waals surface area (Å²) in [5.41, 5.74) is 0.249. The Morgan fingerprint density at radius 2 is 1.77 bits per heavy atom. The lowest BCUT2D eigenvalue weighted by Gasteiger charge is -2.36. The maximum absolute atomic E-state index is 10.9. The van der Waals surface area contributed by atoms with Gasteiger partial charge in [-0.3, -0.25) is 0 Å². The van der Waals surface area contributed by atoms with E-state index in [1.165, 1.54) is 0 Å². The third-order valence-corrected chi connectivity index (χ3v) is 2.39. The maximum atomic E-state index is 10.9. The molecule has 0 aromatic heterocycles. The smallest absolute Gasteiger partial charge is 0.129 e. The fourth-order valence-electron chi connectivity index (χ4n) is 1.81. The molecule has 0 bridgehead atoms. The zero-order chi connectivity index (χ0) is 10.6. The van der Waals surface area contributed by atoms with E-state index in [-0.39, 0.29) is 11.2 Å². The second-order valence-electron chi connectivity index (χ2n) is 5.09. The molecule has 13 heavy (non-hydrogen) atoms. The zero-order valence-electron chi connectivity index (χ0n) is 9.85. The molecule has 0 aliphatic rings. The number of ketones is 1. The number of rotatable bonds is 4. The summed E-state index contributed by atoms with van der Waals surface area (Å²) in [6.45, 7) is 8.32. The van der Waals surface area contributed by atoms with Crippen molar-refractivity contribution in [3.05, 3.63) is 0 Å². The van der Waals surface area contributed by atoms with E-state index in [4.69, 9.17) is 0 Å². The van der Waals surface area contributed by atoms with Crippen molar-refractivity contribution in [2.75, 3.05) is 14.1 Å². The zero-order valence-corrected chi connectivity index (χ0v) is 9.85. The van der Waals surface area contributed by atoms with Crippen LogP contribution in [0, 0.1) is 5.41 Å². The highest BCUT2D eigenvalue weighted by Gasteiger charge is 2.26. The second kappa shape index (κ2) is 4.75. The van der Waals surface area contributed by atoms with Crippen LogP contribution in [0.4, 0.5) is 0 Å². The van der Waals surface area contributed by atoms with E-state index in [2.05, 4.69) is 39.8 Å². The molecule has 0 spiro atoms.